The highest BCUT2D eigenvalue weighted by Crippen LogP contribution is 2.25. The summed E-state index contributed by atoms with van der Waals surface area (Å²) in [6, 6.07) is 0. The lowest BCUT2D eigenvalue weighted by atomic mass is 10.6. The maximum absolute atomic E-state index is 10.1. The van der Waals surface area contributed by atoms with Crippen LogP contribution in [0.2, 0.25) is 0 Å². The fourth-order valence-corrected chi connectivity index (χ4v) is 0.216. The standard InChI is InChI=1S/C5H8O3.H3O4P/c1-3-5(7)8-4(2)6;1-5(2,3)4/h3-4,6H,1H2,2H3;(H3,1,2,3,4). The first kappa shape index (κ1) is 14.8. The van der Waals surface area contributed by atoms with Gasteiger partial charge in [0.15, 0.2) is 6.29 Å². The van der Waals surface area contributed by atoms with Crippen molar-refractivity contribution in [1.29, 1.82) is 0 Å². The van der Waals surface area contributed by atoms with Crippen molar-refractivity contribution in [1.82, 2.24) is 0 Å². The molecule has 78 valence electrons. The molecule has 0 spiro atoms. The van der Waals surface area contributed by atoms with Gasteiger partial charge in [-0.25, -0.2) is 9.36 Å². The molecule has 4 N–H and O–H groups in total. The van der Waals surface area contributed by atoms with Gasteiger partial charge in [0.25, 0.3) is 0 Å². The molecule has 0 aromatic rings. The van der Waals surface area contributed by atoms with E-state index in [1.807, 2.05) is 0 Å². The Balaban J connectivity index is 0. The number of phosphoric acid groups is 1. The van der Waals surface area contributed by atoms with Crippen LogP contribution in [0, 0.1) is 0 Å². The van der Waals surface area contributed by atoms with Gasteiger partial charge in [-0.1, -0.05) is 6.58 Å². The maximum Gasteiger partial charge on any atom is 0.466 e. The van der Waals surface area contributed by atoms with E-state index in [4.69, 9.17) is 24.4 Å². The largest absolute Gasteiger partial charge is 0.466 e. The number of hydrogen-bond donors (Lipinski definition) is 4. The monoisotopic (exact) mass is 214 g/mol. The first-order chi connectivity index (χ1) is 5.66. The molecular weight excluding hydrogens is 203 g/mol. The first-order valence-electron chi connectivity index (χ1n) is 2.96. The fraction of sp³-hybridized carbons (Fsp3) is 0.400. The van der Waals surface area contributed by atoms with E-state index in [0.717, 1.165) is 6.08 Å². The molecule has 0 heterocycles. The SMILES string of the molecule is C=CC(=O)OC(C)O.O=P(O)(O)O. The fourth-order valence-electron chi connectivity index (χ4n) is 0.216. The summed E-state index contributed by atoms with van der Waals surface area (Å²) in [4.78, 5) is 31.7. The van der Waals surface area contributed by atoms with Crippen molar-refractivity contribution in [3.63, 3.8) is 0 Å². The third kappa shape index (κ3) is 34.8. The summed E-state index contributed by atoms with van der Waals surface area (Å²) in [7, 11) is -4.64. The molecule has 0 bridgehead atoms. The van der Waals surface area contributed by atoms with E-state index < -0.39 is 20.1 Å². The van der Waals surface area contributed by atoms with Crippen molar-refractivity contribution in [2.45, 2.75) is 13.2 Å². The Morgan fingerprint density at radius 2 is 1.85 bits per heavy atom. The molecule has 1 atom stereocenters. The third-order valence-corrected chi connectivity index (χ3v) is 0.453. The molecule has 1 unspecified atom stereocenters. The summed E-state index contributed by atoms with van der Waals surface area (Å²) in [5.74, 6) is -0.611. The quantitative estimate of drug-likeness (QED) is 0.204. The molecule has 0 rings (SSSR count). The lowest BCUT2D eigenvalue weighted by Gasteiger charge is -2.01. The predicted molar refractivity (Wildman–Crippen MR) is 42.2 cm³/mol. The van der Waals surface area contributed by atoms with Crippen molar-refractivity contribution in [3.8, 4) is 0 Å². The van der Waals surface area contributed by atoms with Crippen LogP contribution in [0.25, 0.3) is 0 Å². The minimum absolute atomic E-state index is 0.611. The number of esters is 1. The second-order valence-electron chi connectivity index (χ2n) is 1.75. The Labute approximate surface area is 74.5 Å². The molecule has 0 aromatic carbocycles. The van der Waals surface area contributed by atoms with E-state index in [2.05, 4.69) is 11.3 Å². The number of aliphatic hydroxyl groups excluding tert-OH is 1. The Kier molecular flexibility index (Phi) is 7.69. The molecule has 7 nitrogen and oxygen atoms in total. The van der Waals surface area contributed by atoms with Gasteiger partial charge in [0.1, 0.15) is 0 Å². The van der Waals surface area contributed by atoms with Crippen LogP contribution in [0.4, 0.5) is 0 Å². The summed E-state index contributed by atoms with van der Waals surface area (Å²) in [5.41, 5.74) is 0. The predicted octanol–water partition coefficient (Wildman–Crippen LogP) is -0.875. The molecule has 0 saturated carbocycles. The molecule has 0 radical (unpaired) electrons. The van der Waals surface area contributed by atoms with E-state index in [1.165, 1.54) is 6.92 Å². The van der Waals surface area contributed by atoms with E-state index in [-0.39, 0.29) is 0 Å². The summed E-state index contributed by atoms with van der Waals surface area (Å²) in [6.07, 6.45) is -0.0484. The Hall–Kier alpha value is -0.720. The molecule has 0 aliphatic heterocycles. The zero-order chi connectivity index (χ0) is 11.1. The smallest absolute Gasteiger partial charge is 0.433 e. The van der Waals surface area contributed by atoms with Gasteiger partial charge in [-0.15, -0.1) is 0 Å². The minimum Gasteiger partial charge on any atom is -0.433 e. The summed E-state index contributed by atoms with van der Waals surface area (Å²) in [6.45, 7) is 4.48. The molecule has 0 aromatic heterocycles. The lowest BCUT2D eigenvalue weighted by molar-refractivity contribution is -0.158. The van der Waals surface area contributed by atoms with E-state index in [0.29, 0.717) is 0 Å². The van der Waals surface area contributed by atoms with Crippen LogP contribution in [0.15, 0.2) is 12.7 Å². The second-order valence-corrected chi connectivity index (χ2v) is 2.78. The minimum atomic E-state index is -4.64. The highest BCUT2D eigenvalue weighted by atomic mass is 31.2. The molecule has 13 heavy (non-hydrogen) atoms. The number of carbonyl (C=O) groups is 1. The molecule has 0 amide bonds. The zero-order valence-corrected chi connectivity index (χ0v) is 7.72. The Morgan fingerprint density at radius 1 is 1.54 bits per heavy atom. The van der Waals surface area contributed by atoms with Crippen LogP contribution in [-0.4, -0.2) is 32.0 Å². The van der Waals surface area contributed by atoms with Gasteiger partial charge in [0, 0.05) is 6.08 Å². The molecule has 0 fully saturated rings. The zero-order valence-electron chi connectivity index (χ0n) is 6.82. The third-order valence-electron chi connectivity index (χ3n) is 0.453. The van der Waals surface area contributed by atoms with Crippen molar-refractivity contribution in [2.24, 2.45) is 0 Å². The normalized spacial score (nSPS) is 12.1. The molecule has 8 heteroatoms. The van der Waals surface area contributed by atoms with Crippen LogP contribution in [0.1, 0.15) is 6.92 Å². The molecule has 0 aliphatic rings. The van der Waals surface area contributed by atoms with Gasteiger partial charge in [-0.05, 0) is 6.92 Å². The van der Waals surface area contributed by atoms with Gasteiger partial charge in [-0.3, -0.25) is 0 Å². The van der Waals surface area contributed by atoms with E-state index >= 15 is 0 Å². The van der Waals surface area contributed by atoms with Crippen molar-refractivity contribution in [2.75, 3.05) is 0 Å². The van der Waals surface area contributed by atoms with Gasteiger partial charge in [0.2, 0.25) is 0 Å². The van der Waals surface area contributed by atoms with Crippen LogP contribution in [-0.2, 0) is 14.1 Å². The van der Waals surface area contributed by atoms with Gasteiger partial charge < -0.3 is 24.5 Å². The van der Waals surface area contributed by atoms with Gasteiger partial charge in [0.05, 0.1) is 0 Å². The van der Waals surface area contributed by atoms with Crippen LogP contribution >= 0.6 is 7.82 Å². The topological polar surface area (TPSA) is 124 Å². The van der Waals surface area contributed by atoms with Crippen molar-refractivity contribution in [3.05, 3.63) is 12.7 Å². The summed E-state index contributed by atoms with van der Waals surface area (Å²) >= 11 is 0. The van der Waals surface area contributed by atoms with E-state index in [1.54, 1.807) is 0 Å². The number of hydrogen-bond acceptors (Lipinski definition) is 4. The van der Waals surface area contributed by atoms with Crippen molar-refractivity contribution >= 4 is 13.8 Å². The molecule has 0 saturated heterocycles. The van der Waals surface area contributed by atoms with Crippen molar-refractivity contribution < 1.29 is 33.9 Å². The number of rotatable bonds is 2. The van der Waals surface area contributed by atoms with Crippen LogP contribution < -0.4 is 0 Å². The van der Waals surface area contributed by atoms with E-state index in [9.17, 15) is 4.79 Å². The van der Waals surface area contributed by atoms with Crippen LogP contribution in [0.5, 0.6) is 0 Å². The van der Waals surface area contributed by atoms with Gasteiger partial charge >= 0.3 is 13.8 Å². The average molecular weight is 214 g/mol. The Bertz CT molecular complexity index is 197. The lowest BCUT2D eigenvalue weighted by Crippen LogP contribution is -2.10. The number of aliphatic hydroxyl groups is 1. The summed E-state index contributed by atoms with van der Waals surface area (Å²) in [5, 5.41) is 8.36. The number of ether oxygens (including phenoxy) is 1. The maximum atomic E-state index is 10.1. The highest BCUT2D eigenvalue weighted by Gasteiger charge is 2.00. The number of carbonyl (C=O) groups excluding carboxylic acids is 1. The Morgan fingerprint density at radius 3 is 1.92 bits per heavy atom. The second kappa shape index (κ2) is 6.76. The van der Waals surface area contributed by atoms with Crippen LogP contribution in [0.3, 0.4) is 0 Å². The average Bonchev–Trinajstić information content (AvgIpc) is 1.82. The molecule has 0 aliphatic carbocycles. The van der Waals surface area contributed by atoms with Gasteiger partial charge in [-0.2, -0.15) is 0 Å². The first-order valence-corrected chi connectivity index (χ1v) is 4.52. The summed E-state index contributed by atoms with van der Waals surface area (Å²) < 4.78 is 13.1. The molecular formula is C5H11O7P. The highest BCUT2D eigenvalue weighted by molar-refractivity contribution is 7.45.